The minimum Gasteiger partial charge on any atom is -0.491 e. The van der Waals surface area contributed by atoms with Gasteiger partial charge in [0.1, 0.15) is 18.1 Å². The molecule has 0 saturated heterocycles. The van der Waals surface area contributed by atoms with E-state index in [2.05, 4.69) is 9.97 Å². The Kier molecular flexibility index (Phi) is 4.60. The lowest BCUT2D eigenvalue weighted by molar-refractivity contribution is 0.122. The molecule has 0 aliphatic heterocycles. The van der Waals surface area contributed by atoms with E-state index >= 15 is 0 Å². The number of benzene rings is 2. The van der Waals surface area contributed by atoms with Crippen molar-refractivity contribution in [2.45, 2.75) is 13.0 Å². The Morgan fingerprint density at radius 1 is 1.09 bits per heavy atom. The van der Waals surface area contributed by atoms with Crippen LogP contribution in [0, 0.1) is 0 Å². The van der Waals surface area contributed by atoms with Crippen LogP contribution in [0.2, 0.25) is 5.02 Å². The van der Waals surface area contributed by atoms with Gasteiger partial charge in [0, 0.05) is 5.02 Å². The van der Waals surface area contributed by atoms with Crippen LogP contribution in [0.3, 0.4) is 0 Å². The third-order valence-electron chi connectivity index (χ3n) is 3.02. The Balaban J connectivity index is 1.72. The number of fused-ring (bicyclic) bond motifs is 1. The van der Waals surface area contributed by atoms with E-state index in [4.69, 9.17) is 21.1 Å². The van der Waals surface area contributed by atoms with Crippen LogP contribution in [0.15, 0.2) is 48.7 Å². The second-order valence-electron chi connectivity index (χ2n) is 5.07. The van der Waals surface area contributed by atoms with Crippen LogP contribution in [0.25, 0.3) is 11.0 Å². The lowest BCUT2D eigenvalue weighted by Gasteiger charge is -2.09. The zero-order valence-corrected chi connectivity index (χ0v) is 13.2. The van der Waals surface area contributed by atoms with Crippen LogP contribution in [-0.4, -0.2) is 27.8 Å². The van der Waals surface area contributed by atoms with Crippen molar-refractivity contribution in [2.24, 2.45) is 0 Å². The van der Waals surface area contributed by atoms with Crippen molar-refractivity contribution in [3.05, 3.63) is 53.7 Å². The number of aromatic nitrogens is 2. The number of hydrogen-bond acceptors (Lipinski definition) is 5. The molecule has 0 aliphatic carbocycles. The van der Waals surface area contributed by atoms with E-state index in [1.165, 1.54) is 0 Å². The summed E-state index contributed by atoms with van der Waals surface area (Å²) in [7, 11) is 0. The van der Waals surface area contributed by atoms with E-state index in [1.807, 2.05) is 0 Å². The number of hydrogen-bond donors (Lipinski definition) is 1. The third kappa shape index (κ3) is 4.09. The molecule has 1 unspecified atom stereocenters. The Morgan fingerprint density at radius 2 is 1.83 bits per heavy atom. The Hall–Kier alpha value is -2.37. The molecular weight excluding hydrogens is 316 g/mol. The van der Waals surface area contributed by atoms with E-state index in [-0.39, 0.29) is 6.61 Å². The first-order chi connectivity index (χ1) is 11.1. The van der Waals surface area contributed by atoms with Gasteiger partial charge in [-0.2, -0.15) is 0 Å². The Morgan fingerprint density at radius 3 is 2.57 bits per heavy atom. The van der Waals surface area contributed by atoms with Gasteiger partial charge in [-0.3, -0.25) is 0 Å². The molecule has 118 valence electrons. The Bertz CT molecular complexity index is 807. The molecule has 1 N–H and O–H groups in total. The van der Waals surface area contributed by atoms with Crippen LogP contribution in [0.5, 0.6) is 17.4 Å². The maximum absolute atomic E-state index is 9.19. The van der Waals surface area contributed by atoms with E-state index < -0.39 is 6.10 Å². The fourth-order valence-electron chi connectivity index (χ4n) is 1.96. The summed E-state index contributed by atoms with van der Waals surface area (Å²) in [5.74, 6) is 1.69. The zero-order valence-electron chi connectivity index (χ0n) is 12.4. The summed E-state index contributed by atoms with van der Waals surface area (Å²) in [6.07, 6.45) is 1.04. The van der Waals surface area contributed by atoms with Crippen molar-refractivity contribution in [3.8, 4) is 17.4 Å². The SMILES string of the molecule is CC(O)COc1ccc(Oc2cnc3cc(Cl)ccc3n2)cc1. The lowest BCUT2D eigenvalue weighted by Crippen LogP contribution is -2.12. The van der Waals surface area contributed by atoms with Gasteiger partial charge >= 0.3 is 0 Å². The average Bonchev–Trinajstić information content (AvgIpc) is 2.54. The summed E-state index contributed by atoms with van der Waals surface area (Å²) < 4.78 is 11.1. The highest BCUT2D eigenvalue weighted by Crippen LogP contribution is 2.24. The van der Waals surface area contributed by atoms with Gasteiger partial charge in [-0.05, 0) is 49.4 Å². The maximum atomic E-state index is 9.19. The molecule has 5 nitrogen and oxygen atoms in total. The van der Waals surface area contributed by atoms with Gasteiger partial charge in [0.15, 0.2) is 0 Å². The quantitative estimate of drug-likeness (QED) is 0.770. The predicted molar refractivity (Wildman–Crippen MR) is 88.2 cm³/mol. The van der Waals surface area contributed by atoms with Gasteiger partial charge in [0.2, 0.25) is 5.88 Å². The van der Waals surface area contributed by atoms with Crippen LogP contribution in [0.1, 0.15) is 6.92 Å². The van der Waals surface area contributed by atoms with E-state index in [0.29, 0.717) is 33.4 Å². The molecule has 0 radical (unpaired) electrons. The van der Waals surface area contributed by atoms with E-state index in [1.54, 1.807) is 55.6 Å². The van der Waals surface area contributed by atoms with Crippen LogP contribution < -0.4 is 9.47 Å². The molecule has 6 heteroatoms. The third-order valence-corrected chi connectivity index (χ3v) is 3.25. The number of aliphatic hydroxyl groups is 1. The molecule has 0 spiro atoms. The van der Waals surface area contributed by atoms with Gasteiger partial charge in [-0.1, -0.05) is 11.6 Å². The Labute approximate surface area is 138 Å². The van der Waals surface area contributed by atoms with Crippen LogP contribution in [-0.2, 0) is 0 Å². The highest BCUT2D eigenvalue weighted by atomic mass is 35.5. The summed E-state index contributed by atoms with van der Waals surface area (Å²) in [5, 5.41) is 9.81. The molecule has 0 aliphatic rings. The second kappa shape index (κ2) is 6.81. The molecule has 3 rings (SSSR count). The van der Waals surface area contributed by atoms with Crippen LogP contribution in [0.4, 0.5) is 0 Å². The standard InChI is InChI=1S/C17H15ClN2O3/c1-11(21)10-22-13-3-5-14(6-4-13)23-17-9-19-16-8-12(18)2-7-15(16)20-17/h2-9,11,21H,10H2,1H3. The van der Waals surface area contributed by atoms with Gasteiger partial charge in [-0.15, -0.1) is 0 Å². The second-order valence-corrected chi connectivity index (χ2v) is 5.51. The van der Waals surface area contributed by atoms with Gasteiger partial charge in [0.05, 0.1) is 23.3 Å². The first kappa shape index (κ1) is 15.5. The number of rotatable bonds is 5. The molecule has 3 aromatic rings. The molecule has 1 heterocycles. The molecule has 0 fully saturated rings. The van der Waals surface area contributed by atoms with Crippen molar-refractivity contribution >= 4 is 22.6 Å². The average molecular weight is 331 g/mol. The van der Waals surface area contributed by atoms with Crippen molar-refractivity contribution in [1.29, 1.82) is 0 Å². The predicted octanol–water partition coefficient (Wildman–Crippen LogP) is 3.84. The van der Waals surface area contributed by atoms with Crippen LogP contribution >= 0.6 is 11.6 Å². The summed E-state index contributed by atoms with van der Waals surface area (Å²) in [6, 6.07) is 12.4. The minimum atomic E-state index is -0.507. The smallest absolute Gasteiger partial charge is 0.238 e. The first-order valence-corrected chi connectivity index (χ1v) is 7.49. The fraction of sp³-hybridized carbons (Fsp3) is 0.176. The fourth-order valence-corrected chi connectivity index (χ4v) is 2.12. The van der Waals surface area contributed by atoms with Gasteiger partial charge in [-0.25, -0.2) is 9.97 Å². The molecule has 0 saturated carbocycles. The normalized spacial score (nSPS) is 12.1. The number of ether oxygens (including phenoxy) is 2. The van der Waals surface area contributed by atoms with Crippen molar-refractivity contribution in [2.75, 3.05) is 6.61 Å². The largest absolute Gasteiger partial charge is 0.491 e. The first-order valence-electron chi connectivity index (χ1n) is 7.11. The van der Waals surface area contributed by atoms with Crippen molar-refractivity contribution < 1.29 is 14.6 Å². The molecule has 2 aromatic carbocycles. The molecule has 1 aromatic heterocycles. The monoisotopic (exact) mass is 330 g/mol. The molecule has 1 atom stereocenters. The van der Waals surface area contributed by atoms with E-state index in [9.17, 15) is 5.11 Å². The number of nitrogens with zero attached hydrogens (tertiary/aromatic N) is 2. The highest BCUT2D eigenvalue weighted by molar-refractivity contribution is 6.31. The summed E-state index contributed by atoms with van der Waals surface area (Å²) in [4.78, 5) is 8.67. The molecule has 23 heavy (non-hydrogen) atoms. The van der Waals surface area contributed by atoms with Crippen molar-refractivity contribution in [1.82, 2.24) is 9.97 Å². The molecule has 0 amide bonds. The summed E-state index contributed by atoms with van der Waals surface area (Å²) in [6.45, 7) is 1.92. The number of aliphatic hydroxyl groups excluding tert-OH is 1. The lowest BCUT2D eigenvalue weighted by atomic mass is 10.3. The van der Waals surface area contributed by atoms with Gasteiger partial charge < -0.3 is 14.6 Å². The zero-order chi connectivity index (χ0) is 16.2. The topological polar surface area (TPSA) is 64.5 Å². The highest BCUT2D eigenvalue weighted by Gasteiger charge is 2.04. The maximum Gasteiger partial charge on any atom is 0.238 e. The summed E-state index contributed by atoms with van der Waals surface area (Å²) >= 11 is 5.92. The molecule has 0 bridgehead atoms. The van der Waals surface area contributed by atoms with Gasteiger partial charge in [0.25, 0.3) is 0 Å². The minimum absolute atomic E-state index is 0.249. The van der Waals surface area contributed by atoms with Crippen molar-refractivity contribution in [3.63, 3.8) is 0 Å². The molecular formula is C17H15ClN2O3. The number of halogens is 1. The summed E-state index contributed by atoms with van der Waals surface area (Å²) in [5.41, 5.74) is 1.43. The van der Waals surface area contributed by atoms with E-state index in [0.717, 1.165) is 0 Å².